The van der Waals surface area contributed by atoms with Gasteiger partial charge in [0.25, 0.3) is 5.91 Å². The molecule has 2 aliphatic heterocycles. The fourth-order valence-electron chi connectivity index (χ4n) is 2.61. The van der Waals surface area contributed by atoms with Gasteiger partial charge in [-0.2, -0.15) is 0 Å². The third-order valence-electron chi connectivity index (χ3n) is 3.61. The number of amides is 3. The van der Waals surface area contributed by atoms with Gasteiger partial charge in [-0.1, -0.05) is 0 Å². The first kappa shape index (κ1) is 11.8. The number of nitrogens with one attached hydrogen (secondary N) is 1. The van der Waals surface area contributed by atoms with Crippen LogP contribution in [0, 0.1) is 0 Å². The van der Waals surface area contributed by atoms with Gasteiger partial charge in [-0.15, -0.1) is 0 Å². The lowest BCUT2D eigenvalue weighted by atomic mass is 9.97. The second kappa shape index (κ2) is 4.46. The molecule has 0 spiro atoms. The fraction of sp³-hybridized carbons (Fsp3) is 0.385. The predicted molar refractivity (Wildman–Crippen MR) is 65.1 cm³/mol. The number of piperidine rings is 1. The third-order valence-corrected chi connectivity index (χ3v) is 3.61. The number of pyridine rings is 1. The molecule has 3 amide bonds. The zero-order valence-corrected chi connectivity index (χ0v) is 10.3. The minimum absolute atomic E-state index is 0.177. The van der Waals surface area contributed by atoms with Crippen molar-refractivity contribution in [1.29, 1.82) is 0 Å². The summed E-state index contributed by atoms with van der Waals surface area (Å²) in [5, 5.41) is 2.28. The fourth-order valence-corrected chi connectivity index (χ4v) is 2.61. The Kier molecular flexibility index (Phi) is 2.77. The van der Waals surface area contributed by atoms with Gasteiger partial charge in [0.05, 0.1) is 5.56 Å². The van der Waals surface area contributed by atoms with Gasteiger partial charge in [0.15, 0.2) is 0 Å². The van der Waals surface area contributed by atoms with E-state index in [2.05, 4.69) is 10.3 Å². The number of aromatic nitrogens is 1. The first-order chi connectivity index (χ1) is 9.16. The molecule has 6 heteroatoms. The van der Waals surface area contributed by atoms with Gasteiger partial charge in [0.2, 0.25) is 11.8 Å². The number of fused-ring (bicyclic) bond motifs is 1. The highest BCUT2D eigenvalue weighted by Gasteiger charge is 2.37. The maximum atomic E-state index is 12.4. The molecule has 3 heterocycles. The molecule has 1 aromatic heterocycles. The normalized spacial score (nSPS) is 23.1. The van der Waals surface area contributed by atoms with Crippen LogP contribution in [0.2, 0.25) is 0 Å². The van der Waals surface area contributed by atoms with E-state index in [1.165, 1.54) is 6.20 Å². The van der Waals surface area contributed by atoms with Crippen LogP contribution < -0.4 is 5.32 Å². The van der Waals surface area contributed by atoms with Crippen LogP contribution in [-0.2, 0) is 16.0 Å². The maximum absolute atomic E-state index is 12.4. The van der Waals surface area contributed by atoms with Crippen molar-refractivity contribution in [2.75, 3.05) is 6.54 Å². The first-order valence-electron chi connectivity index (χ1n) is 6.24. The van der Waals surface area contributed by atoms with Crippen molar-refractivity contribution in [3.05, 3.63) is 29.6 Å². The molecule has 3 rings (SSSR count). The van der Waals surface area contributed by atoms with Crippen LogP contribution >= 0.6 is 0 Å². The largest absolute Gasteiger partial charge is 0.326 e. The van der Waals surface area contributed by atoms with Crippen molar-refractivity contribution in [3.8, 4) is 0 Å². The van der Waals surface area contributed by atoms with Crippen LogP contribution in [-0.4, -0.2) is 40.2 Å². The van der Waals surface area contributed by atoms with Crippen LogP contribution in [0.4, 0.5) is 0 Å². The Morgan fingerprint density at radius 1 is 1.26 bits per heavy atom. The van der Waals surface area contributed by atoms with Gasteiger partial charge < -0.3 is 4.90 Å². The van der Waals surface area contributed by atoms with Crippen molar-refractivity contribution < 1.29 is 14.4 Å². The van der Waals surface area contributed by atoms with Crippen LogP contribution in [0.1, 0.15) is 28.8 Å². The van der Waals surface area contributed by atoms with Crippen LogP contribution in [0.3, 0.4) is 0 Å². The van der Waals surface area contributed by atoms with Gasteiger partial charge in [-0.25, -0.2) is 0 Å². The number of nitrogens with zero attached hydrogens (tertiary/aromatic N) is 2. The molecule has 1 atom stereocenters. The molecular formula is C13H13N3O3. The number of rotatable bonds is 1. The van der Waals surface area contributed by atoms with Crippen molar-refractivity contribution in [2.45, 2.75) is 25.3 Å². The lowest BCUT2D eigenvalue weighted by molar-refractivity contribution is -0.136. The molecule has 1 aromatic rings. The lowest BCUT2D eigenvalue weighted by Gasteiger charge is -2.35. The first-order valence-corrected chi connectivity index (χ1v) is 6.24. The van der Waals surface area contributed by atoms with E-state index in [9.17, 15) is 14.4 Å². The summed E-state index contributed by atoms with van der Waals surface area (Å²) >= 11 is 0. The summed E-state index contributed by atoms with van der Waals surface area (Å²) in [5.41, 5.74) is 1.52. The van der Waals surface area contributed by atoms with Crippen molar-refractivity contribution in [3.63, 3.8) is 0 Å². The molecule has 1 unspecified atom stereocenters. The lowest BCUT2D eigenvalue weighted by Crippen LogP contribution is -2.55. The Morgan fingerprint density at radius 2 is 2.11 bits per heavy atom. The van der Waals surface area contributed by atoms with E-state index >= 15 is 0 Å². The minimum atomic E-state index is -0.543. The molecule has 1 N–H and O–H groups in total. The number of carbonyl (C=O) groups is 3. The van der Waals surface area contributed by atoms with Crippen LogP contribution in [0.15, 0.2) is 18.5 Å². The third kappa shape index (κ3) is 1.99. The highest BCUT2D eigenvalue weighted by Crippen LogP contribution is 2.22. The molecular weight excluding hydrogens is 246 g/mol. The summed E-state index contributed by atoms with van der Waals surface area (Å²) in [4.78, 5) is 40.8. The predicted octanol–water partition coefficient (Wildman–Crippen LogP) is -0.115. The maximum Gasteiger partial charge on any atom is 0.256 e. The summed E-state index contributed by atoms with van der Waals surface area (Å²) in [6.45, 7) is 0.502. The molecule has 1 saturated heterocycles. The van der Waals surface area contributed by atoms with E-state index in [0.717, 1.165) is 5.56 Å². The monoisotopic (exact) mass is 259 g/mol. The highest BCUT2D eigenvalue weighted by molar-refractivity contribution is 6.04. The van der Waals surface area contributed by atoms with Crippen molar-refractivity contribution in [1.82, 2.24) is 15.2 Å². The van der Waals surface area contributed by atoms with Gasteiger partial charge >= 0.3 is 0 Å². The summed E-state index contributed by atoms with van der Waals surface area (Å²) in [6, 6.07) is 1.29. The Balaban J connectivity index is 1.86. The van der Waals surface area contributed by atoms with Gasteiger partial charge in [0.1, 0.15) is 6.04 Å². The van der Waals surface area contributed by atoms with Crippen molar-refractivity contribution in [2.24, 2.45) is 0 Å². The van der Waals surface area contributed by atoms with E-state index < -0.39 is 6.04 Å². The average molecular weight is 259 g/mol. The quantitative estimate of drug-likeness (QED) is 0.713. The molecule has 6 nitrogen and oxygen atoms in total. The Hall–Kier alpha value is -2.24. The van der Waals surface area contributed by atoms with Crippen LogP contribution in [0.5, 0.6) is 0 Å². The molecule has 0 aromatic carbocycles. The van der Waals surface area contributed by atoms with Gasteiger partial charge in [0, 0.05) is 25.4 Å². The minimum Gasteiger partial charge on any atom is -0.326 e. The molecule has 2 aliphatic rings. The molecule has 19 heavy (non-hydrogen) atoms. The molecule has 0 bridgehead atoms. The second-order valence-corrected chi connectivity index (χ2v) is 4.75. The summed E-state index contributed by atoms with van der Waals surface area (Å²) < 4.78 is 0. The highest BCUT2D eigenvalue weighted by atomic mass is 16.2. The Bertz CT molecular complexity index is 570. The van der Waals surface area contributed by atoms with Gasteiger partial charge in [-0.05, 0) is 24.5 Å². The van der Waals surface area contributed by atoms with Crippen LogP contribution in [0.25, 0.3) is 0 Å². The van der Waals surface area contributed by atoms with E-state index in [4.69, 9.17) is 0 Å². The Labute approximate surface area is 109 Å². The smallest absolute Gasteiger partial charge is 0.256 e. The van der Waals surface area contributed by atoms with E-state index in [1.54, 1.807) is 11.1 Å². The number of hydrogen-bond donors (Lipinski definition) is 1. The summed E-state index contributed by atoms with van der Waals surface area (Å²) in [6.07, 6.45) is 4.58. The Morgan fingerprint density at radius 3 is 2.89 bits per heavy atom. The summed E-state index contributed by atoms with van der Waals surface area (Å²) in [5.74, 6) is -0.825. The van der Waals surface area contributed by atoms with E-state index in [1.807, 2.05) is 6.07 Å². The summed E-state index contributed by atoms with van der Waals surface area (Å²) in [7, 11) is 0. The standard InChI is InChI=1S/C13H13N3O3/c17-11-2-1-10(12(18)15-11)16-6-4-8-3-5-14-7-9(8)13(16)19/h3,5,7,10H,1-2,4,6H2,(H,15,17,18). The molecule has 98 valence electrons. The number of carbonyl (C=O) groups excluding carboxylic acids is 3. The SMILES string of the molecule is O=C1CCC(N2CCc3ccncc3C2=O)C(=O)N1. The van der Waals surface area contributed by atoms with E-state index in [-0.39, 0.29) is 24.1 Å². The number of imide groups is 1. The average Bonchev–Trinajstić information content (AvgIpc) is 2.41. The molecule has 0 aliphatic carbocycles. The molecule has 1 fully saturated rings. The second-order valence-electron chi connectivity index (χ2n) is 4.75. The van der Waals surface area contributed by atoms with E-state index in [0.29, 0.717) is 24.9 Å². The zero-order chi connectivity index (χ0) is 13.4. The van der Waals surface area contributed by atoms with Gasteiger partial charge in [-0.3, -0.25) is 24.7 Å². The van der Waals surface area contributed by atoms with Crippen molar-refractivity contribution >= 4 is 17.7 Å². The topological polar surface area (TPSA) is 79.4 Å². The molecule has 0 radical (unpaired) electrons. The molecule has 0 saturated carbocycles. The zero-order valence-electron chi connectivity index (χ0n) is 10.3. The number of hydrogen-bond acceptors (Lipinski definition) is 4.